The minimum atomic E-state index is -0.630. The first-order valence-corrected chi connectivity index (χ1v) is 9.02. The number of nitrogens with two attached hydrogens (primary N) is 1. The minimum Gasteiger partial charge on any atom is -0.361 e. The number of hydrogen-bond donors (Lipinski definition) is 2. The zero-order valence-electron chi connectivity index (χ0n) is 15.7. The highest BCUT2D eigenvalue weighted by molar-refractivity contribution is 5.81. The molecule has 0 spiro atoms. The van der Waals surface area contributed by atoms with E-state index in [1.54, 1.807) is 6.33 Å². The summed E-state index contributed by atoms with van der Waals surface area (Å²) in [6.45, 7) is 5.00. The molecule has 3 N–H and O–H groups in total. The van der Waals surface area contributed by atoms with Crippen molar-refractivity contribution in [1.29, 1.82) is 0 Å². The lowest BCUT2D eigenvalue weighted by atomic mass is 10.1. The Morgan fingerprint density at radius 2 is 2.07 bits per heavy atom. The highest BCUT2D eigenvalue weighted by Crippen LogP contribution is 2.12. The van der Waals surface area contributed by atoms with Gasteiger partial charge in [-0.2, -0.15) is 0 Å². The van der Waals surface area contributed by atoms with Crippen molar-refractivity contribution >= 4 is 5.91 Å². The fraction of sp³-hybridized carbons (Fsp3) is 0.350. The summed E-state index contributed by atoms with van der Waals surface area (Å²) >= 11 is 0. The third-order valence-corrected chi connectivity index (χ3v) is 4.52. The molecule has 7 nitrogen and oxygen atoms in total. The minimum absolute atomic E-state index is 0.181. The zero-order valence-corrected chi connectivity index (χ0v) is 15.7. The largest absolute Gasteiger partial charge is 0.361 e. The summed E-state index contributed by atoms with van der Waals surface area (Å²) in [7, 11) is 0. The summed E-state index contributed by atoms with van der Waals surface area (Å²) in [5.74, 6) is 0.606. The van der Waals surface area contributed by atoms with Crippen molar-refractivity contribution in [3.63, 3.8) is 0 Å². The molecule has 0 fully saturated rings. The van der Waals surface area contributed by atoms with Gasteiger partial charge in [-0.25, -0.2) is 4.98 Å². The van der Waals surface area contributed by atoms with E-state index in [2.05, 4.69) is 27.6 Å². The van der Waals surface area contributed by atoms with E-state index in [1.807, 2.05) is 42.8 Å². The fourth-order valence-corrected chi connectivity index (χ4v) is 3.01. The number of benzene rings is 1. The normalized spacial score (nSPS) is 12.1. The molecule has 0 saturated carbocycles. The average Bonchev–Trinajstić information content (AvgIpc) is 3.23. The van der Waals surface area contributed by atoms with Crippen molar-refractivity contribution in [2.75, 3.05) is 6.54 Å². The van der Waals surface area contributed by atoms with Crippen LogP contribution < -0.4 is 11.1 Å². The topological polar surface area (TPSA) is 99.0 Å². The van der Waals surface area contributed by atoms with E-state index in [1.165, 1.54) is 5.56 Å². The summed E-state index contributed by atoms with van der Waals surface area (Å²) in [5, 5.41) is 6.79. The van der Waals surface area contributed by atoms with Crippen molar-refractivity contribution in [2.24, 2.45) is 5.73 Å². The van der Waals surface area contributed by atoms with E-state index in [0.717, 1.165) is 29.3 Å². The third kappa shape index (κ3) is 5.04. The van der Waals surface area contributed by atoms with E-state index >= 15 is 0 Å². The predicted molar refractivity (Wildman–Crippen MR) is 102 cm³/mol. The molecule has 3 rings (SSSR count). The third-order valence-electron chi connectivity index (χ3n) is 4.52. The predicted octanol–water partition coefficient (Wildman–Crippen LogP) is 1.76. The first-order valence-electron chi connectivity index (χ1n) is 9.02. The fourth-order valence-electron chi connectivity index (χ4n) is 3.01. The van der Waals surface area contributed by atoms with E-state index < -0.39 is 6.04 Å². The van der Waals surface area contributed by atoms with Crippen LogP contribution in [0, 0.1) is 13.8 Å². The Bertz CT molecular complexity index is 865. The standard InChI is InChI=1S/C20H25N5O2/c1-14-18(15(2)27-24-14)8-9-22-20(26)19(21)10-17-12-25(13-23-17)11-16-6-4-3-5-7-16/h3-7,12-13,19H,8-11,21H2,1-2H3,(H,22,26)/t19-/m0/s1. The van der Waals surface area contributed by atoms with Gasteiger partial charge in [0.25, 0.3) is 0 Å². The van der Waals surface area contributed by atoms with Crippen LogP contribution in [0.3, 0.4) is 0 Å². The second kappa shape index (κ2) is 8.64. The molecule has 1 atom stereocenters. The number of imidazole rings is 1. The Balaban J connectivity index is 1.47. The monoisotopic (exact) mass is 367 g/mol. The van der Waals surface area contributed by atoms with Gasteiger partial charge in [-0.15, -0.1) is 0 Å². The van der Waals surface area contributed by atoms with Gasteiger partial charge in [0, 0.05) is 31.3 Å². The molecule has 0 aliphatic rings. The van der Waals surface area contributed by atoms with Gasteiger partial charge in [-0.1, -0.05) is 35.5 Å². The molecule has 0 saturated heterocycles. The van der Waals surface area contributed by atoms with Crippen LogP contribution in [-0.2, 0) is 24.2 Å². The van der Waals surface area contributed by atoms with Gasteiger partial charge in [0.1, 0.15) is 5.76 Å². The molecular weight excluding hydrogens is 342 g/mol. The number of aromatic nitrogens is 3. The molecule has 2 heterocycles. The molecule has 0 aliphatic heterocycles. The van der Waals surface area contributed by atoms with Crippen LogP contribution in [0.5, 0.6) is 0 Å². The molecule has 3 aromatic rings. The Morgan fingerprint density at radius 1 is 1.30 bits per heavy atom. The number of rotatable bonds is 8. The van der Waals surface area contributed by atoms with Crippen LogP contribution in [0.4, 0.5) is 0 Å². The molecule has 1 aromatic carbocycles. The van der Waals surface area contributed by atoms with Gasteiger partial charge < -0.3 is 20.1 Å². The van der Waals surface area contributed by atoms with E-state index in [-0.39, 0.29) is 5.91 Å². The van der Waals surface area contributed by atoms with Crippen molar-refractivity contribution in [3.8, 4) is 0 Å². The summed E-state index contributed by atoms with van der Waals surface area (Å²) < 4.78 is 7.12. The lowest BCUT2D eigenvalue weighted by Gasteiger charge is -2.11. The number of carbonyl (C=O) groups excluding carboxylic acids is 1. The van der Waals surface area contributed by atoms with Gasteiger partial charge in [0.2, 0.25) is 5.91 Å². The van der Waals surface area contributed by atoms with Crippen molar-refractivity contribution < 1.29 is 9.32 Å². The van der Waals surface area contributed by atoms with Crippen molar-refractivity contribution in [1.82, 2.24) is 20.0 Å². The first-order chi connectivity index (χ1) is 13.0. The lowest BCUT2D eigenvalue weighted by molar-refractivity contribution is -0.122. The van der Waals surface area contributed by atoms with E-state index in [9.17, 15) is 4.79 Å². The van der Waals surface area contributed by atoms with E-state index in [0.29, 0.717) is 19.4 Å². The number of amides is 1. The second-order valence-corrected chi connectivity index (χ2v) is 6.68. The Morgan fingerprint density at radius 3 is 2.78 bits per heavy atom. The lowest BCUT2D eigenvalue weighted by Crippen LogP contribution is -2.42. The number of hydrogen-bond acceptors (Lipinski definition) is 5. The average molecular weight is 367 g/mol. The highest BCUT2D eigenvalue weighted by atomic mass is 16.5. The van der Waals surface area contributed by atoms with Crippen LogP contribution in [0.2, 0.25) is 0 Å². The highest BCUT2D eigenvalue weighted by Gasteiger charge is 2.16. The molecule has 0 unspecified atom stereocenters. The van der Waals surface area contributed by atoms with Crippen LogP contribution in [0.1, 0.15) is 28.3 Å². The van der Waals surface area contributed by atoms with Gasteiger partial charge in [-0.3, -0.25) is 4.79 Å². The smallest absolute Gasteiger partial charge is 0.237 e. The van der Waals surface area contributed by atoms with Crippen LogP contribution in [0.15, 0.2) is 47.4 Å². The number of aryl methyl sites for hydroxylation is 2. The maximum Gasteiger partial charge on any atom is 0.237 e. The van der Waals surface area contributed by atoms with Gasteiger partial charge in [-0.05, 0) is 25.8 Å². The quantitative estimate of drug-likeness (QED) is 0.632. The molecule has 0 aliphatic carbocycles. The maximum absolute atomic E-state index is 12.2. The molecule has 1 amide bonds. The maximum atomic E-state index is 12.2. The summed E-state index contributed by atoms with van der Waals surface area (Å²) in [5.41, 5.74) is 9.93. The first kappa shape index (κ1) is 18.8. The Hall–Kier alpha value is -2.93. The Labute approximate surface area is 158 Å². The van der Waals surface area contributed by atoms with Crippen LogP contribution >= 0.6 is 0 Å². The molecule has 7 heteroatoms. The molecule has 0 bridgehead atoms. The van der Waals surface area contributed by atoms with Gasteiger partial charge >= 0.3 is 0 Å². The Kier molecular flexibility index (Phi) is 6.03. The van der Waals surface area contributed by atoms with Gasteiger partial charge in [0.05, 0.1) is 23.8 Å². The van der Waals surface area contributed by atoms with E-state index in [4.69, 9.17) is 10.3 Å². The summed E-state index contributed by atoms with van der Waals surface area (Å²) in [6.07, 6.45) is 4.78. The number of nitrogens with zero attached hydrogens (tertiary/aromatic N) is 3. The summed E-state index contributed by atoms with van der Waals surface area (Å²) in [4.78, 5) is 16.6. The van der Waals surface area contributed by atoms with Crippen LogP contribution in [0.25, 0.3) is 0 Å². The molecular formula is C20H25N5O2. The molecule has 142 valence electrons. The molecule has 2 aromatic heterocycles. The molecule has 27 heavy (non-hydrogen) atoms. The number of nitrogens with one attached hydrogen (secondary N) is 1. The van der Waals surface area contributed by atoms with Crippen molar-refractivity contribution in [3.05, 3.63) is 71.1 Å². The van der Waals surface area contributed by atoms with Crippen LogP contribution in [-0.4, -0.2) is 33.2 Å². The molecule has 0 radical (unpaired) electrons. The summed E-state index contributed by atoms with van der Waals surface area (Å²) in [6, 6.07) is 9.52. The second-order valence-electron chi connectivity index (χ2n) is 6.68. The zero-order chi connectivity index (χ0) is 19.2. The van der Waals surface area contributed by atoms with Gasteiger partial charge in [0.15, 0.2) is 0 Å². The van der Waals surface area contributed by atoms with Crippen molar-refractivity contribution in [2.45, 2.75) is 39.3 Å². The number of carbonyl (C=O) groups is 1. The SMILES string of the molecule is Cc1noc(C)c1CCNC(=O)[C@@H](N)Cc1cn(Cc2ccccc2)cn1.